The average molecular weight is 288 g/mol. The van der Waals surface area contributed by atoms with Crippen LogP contribution in [0.25, 0.3) is 0 Å². The first-order chi connectivity index (χ1) is 10.1. The minimum atomic E-state index is 0.0510. The average Bonchev–Trinajstić information content (AvgIpc) is 2.80. The van der Waals surface area contributed by atoms with Crippen molar-refractivity contribution < 1.29 is 14.3 Å². The molecule has 2 heterocycles. The Bertz CT molecular complexity index is 571. The Morgan fingerprint density at radius 1 is 1.10 bits per heavy atom. The highest BCUT2D eigenvalue weighted by Crippen LogP contribution is 2.26. The Balaban J connectivity index is 1.71. The molecule has 0 aliphatic carbocycles. The molecule has 0 unspecified atom stereocenters. The molecular formula is C16H20N2O3. The smallest absolute Gasteiger partial charge is 0.253 e. The van der Waals surface area contributed by atoms with Crippen molar-refractivity contribution in [3.63, 3.8) is 0 Å². The fraction of sp³-hybridized carbons (Fsp3) is 0.500. The molecule has 0 N–H and O–H groups in total. The number of hydrogen-bond donors (Lipinski definition) is 0. The molecule has 2 aliphatic heterocycles. The van der Waals surface area contributed by atoms with E-state index in [0.717, 1.165) is 36.3 Å². The Morgan fingerprint density at radius 2 is 1.86 bits per heavy atom. The van der Waals surface area contributed by atoms with E-state index in [9.17, 15) is 9.59 Å². The Kier molecular flexibility index (Phi) is 3.82. The van der Waals surface area contributed by atoms with Crippen LogP contribution in [0.2, 0.25) is 0 Å². The summed E-state index contributed by atoms with van der Waals surface area (Å²) in [6.45, 7) is 4.94. The van der Waals surface area contributed by atoms with Gasteiger partial charge in [0.2, 0.25) is 5.91 Å². The first-order valence-corrected chi connectivity index (χ1v) is 7.45. The summed E-state index contributed by atoms with van der Waals surface area (Å²) >= 11 is 0. The highest BCUT2D eigenvalue weighted by Gasteiger charge is 2.22. The normalized spacial score (nSPS) is 18.0. The van der Waals surface area contributed by atoms with Gasteiger partial charge in [0.05, 0.1) is 6.61 Å². The zero-order valence-electron chi connectivity index (χ0n) is 12.3. The Labute approximate surface area is 124 Å². The number of fused-ring (bicyclic) bond motifs is 1. The molecule has 1 aromatic rings. The van der Waals surface area contributed by atoms with E-state index in [-0.39, 0.29) is 11.8 Å². The van der Waals surface area contributed by atoms with Crippen molar-refractivity contribution in [1.29, 1.82) is 0 Å². The summed E-state index contributed by atoms with van der Waals surface area (Å²) in [5.41, 5.74) is 1.83. The topological polar surface area (TPSA) is 49.9 Å². The molecule has 2 amide bonds. The number of carbonyl (C=O) groups excluding carboxylic acids is 2. The molecule has 0 aromatic heterocycles. The second kappa shape index (κ2) is 5.76. The largest absolute Gasteiger partial charge is 0.493 e. The number of rotatable bonds is 1. The van der Waals surface area contributed by atoms with Gasteiger partial charge in [-0.05, 0) is 30.2 Å². The molecule has 5 nitrogen and oxygen atoms in total. The monoisotopic (exact) mass is 288 g/mol. The maximum atomic E-state index is 12.6. The van der Waals surface area contributed by atoms with Gasteiger partial charge in [-0.25, -0.2) is 0 Å². The zero-order chi connectivity index (χ0) is 14.8. The van der Waals surface area contributed by atoms with Crippen LogP contribution in [0.15, 0.2) is 18.2 Å². The van der Waals surface area contributed by atoms with Crippen molar-refractivity contribution in [1.82, 2.24) is 9.80 Å². The predicted molar refractivity (Wildman–Crippen MR) is 78.4 cm³/mol. The summed E-state index contributed by atoms with van der Waals surface area (Å²) in [4.78, 5) is 27.7. The fourth-order valence-electron chi connectivity index (χ4n) is 2.94. The zero-order valence-corrected chi connectivity index (χ0v) is 12.3. The van der Waals surface area contributed by atoms with Crippen molar-refractivity contribution in [3.05, 3.63) is 29.3 Å². The van der Waals surface area contributed by atoms with Crippen LogP contribution in [0.4, 0.5) is 0 Å². The number of amides is 2. The number of hydrogen-bond acceptors (Lipinski definition) is 3. The van der Waals surface area contributed by atoms with E-state index in [1.165, 1.54) is 0 Å². The number of benzene rings is 1. The van der Waals surface area contributed by atoms with E-state index in [0.29, 0.717) is 26.2 Å². The van der Waals surface area contributed by atoms with Crippen molar-refractivity contribution in [2.24, 2.45) is 0 Å². The molecular weight excluding hydrogens is 268 g/mol. The predicted octanol–water partition coefficient (Wildman–Crippen LogP) is 1.32. The number of nitrogens with zero attached hydrogens (tertiary/aromatic N) is 2. The van der Waals surface area contributed by atoms with Gasteiger partial charge >= 0.3 is 0 Å². The molecule has 0 saturated carbocycles. The first kappa shape index (κ1) is 13.9. The summed E-state index contributed by atoms with van der Waals surface area (Å²) in [6.07, 6.45) is 1.70. The van der Waals surface area contributed by atoms with E-state index in [4.69, 9.17) is 4.74 Å². The second-order valence-electron chi connectivity index (χ2n) is 5.57. The third kappa shape index (κ3) is 2.86. The molecule has 112 valence electrons. The summed E-state index contributed by atoms with van der Waals surface area (Å²) in [5, 5.41) is 0. The van der Waals surface area contributed by atoms with Crippen LogP contribution in [0.1, 0.15) is 29.3 Å². The Morgan fingerprint density at radius 3 is 2.67 bits per heavy atom. The van der Waals surface area contributed by atoms with E-state index >= 15 is 0 Å². The molecule has 0 bridgehead atoms. The first-order valence-electron chi connectivity index (χ1n) is 7.45. The van der Waals surface area contributed by atoms with Crippen molar-refractivity contribution in [2.75, 3.05) is 32.8 Å². The molecule has 0 radical (unpaired) electrons. The molecule has 21 heavy (non-hydrogen) atoms. The highest BCUT2D eigenvalue weighted by atomic mass is 16.5. The van der Waals surface area contributed by atoms with Gasteiger partial charge in [-0.15, -0.1) is 0 Å². The van der Waals surface area contributed by atoms with E-state index in [1.54, 1.807) is 6.92 Å². The molecule has 5 heteroatoms. The van der Waals surface area contributed by atoms with Gasteiger partial charge < -0.3 is 14.5 Å². The van der Waals surface area contributed by atoms with Gasteiger partial charge in [-0.2, -0.15) is 0 Å². The summed E-state index contributed by atoms with van der Waals surface area (Å²) < 4.78 is 5.47. The van der Waals surface area contributed by atoms with Crippen LogP contribution >= 0.6 is 0 Å². The second-order valence-corrected chi connectivity index (χ2v) is 5.57. The molecule has 1 aromatic carbocycles. The van der Waals surface area contributed by atoms with Crippen molar-refractivity contribution in [3.8, 4) is 5.75 Å². The van der Waals surface area contributed by atoms with Gasteiger partial charge in [0.15, 0.2) is 0 Å². The van der Waals surface area contributed by atoms with Crippen LogP contribution in [0.3, 0.4) is 0 Å². The fourth-order valence-corrected chi connectivity index (χ4v) is 2.94. The van der Waals surface area contributed by atoms with Crippen LogP contribution in [-0.4, -0.2) is 54.4 Å². The highest BCUT2D eigenvalue weighted by molar-refractivity contribution is 5.94. The van der Waals surface area contributed by atoms with Gasteiger partial charge in [-0.3, -0.25) is 9.59 Å². The minimum absolute atomic E-state index is 0.0510. The molecule has 1 saturated heterocycles. The lowest BCUT2D eigenvalue weighted by Gasteiger charge is -2.21. The lowest BCUT2D eigenvalue weighted by molar-refractivity contribution is -0.128. The summed E-state index contributed by atoms with van der Waals surface area (Å²) in [5.74, 6) is 1.03. The minimum Gasteiger partial charge on any atom is -0.493 e. The van der Waals surface area contributed by atoms with Crippen molar-refractivity contribution >= 4 is 11.8 Å². The van der Waals surface area contributed by atoms with Crippen LogP contribution in [-0.2, 0) is 11.2 Å². The number of ether oxygens (including phenoxy) is 1. The van der Waals surface area contributed by atoms with Gasteiger partial charge in [0.25, 0.3) is 5.91 Å². The van der Waals surface area contributed by atoms with E-state index < -0.39 is 0 Å². The molecule has 1 fully saturated rings. The van der Waals surface area contributed by atoms with E-state index in [2.05, 4.69) is 0 Å². The quantitative estimate of drug-likeness (QED) is 0.783. The van der Waals surface area contributed by atoms with E-state index in [1.807, 2.05) is 28.0 Å². The lowest BCUT2D eigenvalue weighted by atomic mass is 10.1. The third-order valence-corrected chi connectivity index (χ3v) is 4.16. The standard InChI is InChI=1S/C16H20N2O3/c1-12(19)17-6-2-7-18(9-8-17)16(20)14-3-4-15-13(11-14)5-10-21-15/h3-4,11H,2,5-10H2,1H3. The SMILES string of the molecule is CC(=O)N1CCCN(C(=O)c2ccc3c(c2)CCO3)CC1. The van der Waals surface area contributed by atoms with Gasteiger partial charge in [0, 0.05) is 45.1 Å². The lowest BCUT2D eigenvalue weighted by Crippen LogP contribution is -2.36. The molecule has 0 spiro atoms. The van der Waals surface area contributed by atoms with Crippen LogP contribution < -0.4 is 4.74 Å². The third-order valence-electron chi connectivity index (χ3n) is 4.16. The maximum Gasteiger partial charge on any atom is 0.253 e. The maximum absolute atomic E-state index is 12.6. The molecule has 2 aliphatic rings. The van der Waals surface area contributed by atoms with Crippen molar-refractivity contribution in [2.45, 2.75) is 19.8 Å². The summed E-state index contributed by atoms with van der Waals surface area (Å²) in [6, 6.07) is 5.66. The van der Waals surface area contributed by atoms with Gasteiger partial charge in [0.1, 0.15) is 5.75 Å². The number of carbonyl (C=O) groups is 2. The van der Waals surface area contributed by atoms with Crippen LogP contribution in [0, 0.1) is 0 Å². The molecule has 3 rings (SSSR count). The Hall–Kier alpha value is -2.04. The van der Waals surface area contributed by atoms with Crippen LogP contribution in [0.5, 0.6) is 5.75 Å². The van der Waals surface area contributed by atoms with Gasteiger partial charge in [-0.1, -0.05) is 0 Å². The summed E-state index contributed by atoms with van der Waals surface area (Å²) in [7, 11) is 0. The molecule has 0 atom stereocenters.